The van der Waals surface area contributed by atoms with Crippen LogP contribution in [-0.2, 0) is 9.53 Å². The van der Waals surface area contributed by atoms with Gasteiger partial charge in [0.25, 0.3) is 0 Å². The van der Waals surface area contributed by atoms with Crippen LogP contribution in [0.15, 0.2) is 40.8 Å². The van der Waals surface area contributed by atoms with E-state index in [1.807, 2.05) is 12.1 Å². The van der Waals surface area contributed by atoms with Crippen LogP contribution in [0, 0.1) is 23.4 Å². The van der Waals surface area contributed by atoms with Crippen molar-refractivity contribution in [3.8, 4) is 0 Å². The van der Waals surface area contributed by atoms with Crippen LogP contribution in [0.5, 0.6) is 0 Å². The van der Waals surface area contributed by atoms with Gasteiger partial charge in [0.15, 0.2) is 11.6 Å². The summed E-state index contributed by atoms with van der Waals surface area (Å²) in [6.07, 6.45) is 4.32. The van der Waals surface area contributed by atoms with E-state index in [4.69, 9.17) is 9.15 Å². The smallest absolute Gasteiger partial charge is 0.320 e. The van der Waals surface area contributed by atoms with Crippen molar-refractivity contribution in [1.82, 2.24) is 10.2 Å². The fourth-order valence-corrected chi connectivity index (χ4v) is 4.14. The van der Waals surface area contributed by atoms with Gasteiger partial charge in [-0.05, 0) is 55.2 Å². The number of carbonyl (C=O) groups excluding carboxylic acids is 2. The second-order valence-electron chi connectivity index (χ2n) is 8.36. The van der Waals surface area contributed by atoms with E-state index in [1.165, 1.54) is 7.11 Å². The first-order chi connectivity index (χ1) is 16.8. The molecule has 0 aliphatic heterocycles. The van der Waals surface area contributed by atoms with Crippen LogP contribution in [-0.4, -0.2) is 29.2 Å². The summed E-state index contributed by atoms with van der Waals surface area (Å²) in [6, 6.07) is 8.01. The van der Waals surface area contributed by atoms with Gasteiger partial charge in [0.05, 0.1) is 12.8 Å². The van der Waals surface area contributed by atoms with Gasteiger partial charge in [-0.15, -0.1) is 5.10 Å². The zero-order valence-electron chi connectivity index (χ0n) is 18.8. The van der Waals surface area contributed by atoms with E-state index >= 15 is 0 Å². The first-order valence-corrected chi connectivity index (χ1v) is 11.1. The number of ether oxygens (including phenoxy) is 1. The Morgan fingerprint density at radius 2 is 1.69 bits per heavy atom. The van der Waals surface area contributed by atoms with Crippen molar-refractivity contribution >= 4 is 29.3 Å². The Morgan fingerprint density at radius 1 is 1.00 bits per heavy atom. The lowest BCUT2D eigenvalue weighted by Gasteiger charge is -2.28. The number of methoxy groups -OCH3 is 1. The second kappa shape index (κ2) is 10.6. The lowest BCUT2D eigenvalue weighted by Crippen LogP contribution is -2.17. The zero-order chi connectivity index (χ0) is 24.9. The highest BCUT2D eigenvalue weighted by Crippen LogP contribution is 2.37. The molecule has 1 fully saturated rings. The van der Waals surface area contributed by atoms with Crippen molar-refractivity contribution in [2.45, 2.75) is 38.0 Å². The molecule has 8 nitrogen and oxygen atoms in total. The van der Waals surface area contributed by atoms with Gasteiger partial charge >= 0.3 is 23.8 Å². The molecule has 1 saturated carbocycles. The lowest BCUT2D eigenvalue weighted by atomic mass is 9.77. The Hall–Kier alpha value is -3.89. The van der Waals surface area contributed by atoms with Gasteiger partial charge in [-0.3, -0.25) is 9.59 Å². The molecular formula is C24H23F3N4O4. The van der Waals surface area contributed by atoms with Crippen LogP contribution in [0.4, 0.5) is 30.6 Å². The van der Waals surface area contributed by atoms with E-state index in [9.17, 15) is 22.8 Å². The molecule has 1 aliphatic rings. The van der Waals surface area contributed by atoms with E-state index < -0.39 is 34.9 Å². The first kappa shape index (κ1) is 24.2. The molecule has 1 heterocycles. The average Bonchev–Trinajstić information content (AvgIpc) is 3.32. The van der Waals surface area contributed by atoms with Crippen LogP contribution in [0.25, 0.3) is 0 Å². The maximum absolute atomic E-state index is 13.8. The summed E-state index contributed by atoms with van der Waals surface area (Å²) in [4.78, 5) is 23.9. The number of halogens is 3. The molecule has 1 aliphatic carbocycles. The van der Waals surface area contributed by atoms with Crippen molar-refractivity contribution in [2.75, 3.05) is 17.7 Å². The lowest BCUT2D eigenvalue weighted by molar-refractivity contribution is -0.142. The monoisotopic (exact) mass is 488 g/mol. The molecule has 0 atom stereocenters. The molecule has 0 bridgehead atoms. The van der Waals surface area contributed by atoms with E-state index in [1.54, 1.807) is 12.1 Å². The quantitative estimate of drug-likeness (QED) is 0.342. The summed E-state index contributed by atoms with van der Waals surface area (Å²) in [7, 11) is 1.40. The van der Waals surface area contributed by atoms with Crippen molar-refractivity contribution in [3.63, 3.8) is 0 Å². The number of anilines is 3. The van der Waals surface area contributed by atoms with Crippen LogP contribution in [0.1, 0.15) is 54.3 Å². The maximum Gasteiger partial charge on any atom is 0.320 e. The third kappa shape index (κ3) is 5.97. The minimum Gasteiger partial charge on any atom is -0.469 e. The van der Waals surface area contributed by atoms with Crippen LogP contribution >= 0.6 is 0 Å². The van der Waals surface area contributed by atoms with E-state index in [0.717, 1.165) is 31.2 Å². The Balaban J connectivity index is 1.32. The number of nitrogens with one attached hydrogen (secondary N) is 2. The van der Waals surface area contributed by atoms with E-state index in [2.05, 4.69) is 20.8 Å². The number of amides is 1. The van der Waals surface area contributed by atoms with Crippen LogP contribution in [0.3, 0.4) is 0 Å². The maximum atomic E-state index is 13.8. The van der Waals surface area contributed by atoms with Gasteiger partial charge in [-0.25, -0.2) is 13.2 Å². The minimum atomic E-state index is -1.34. The average molecular weight is 488 g/mol. The fourth-order valence-electron chi connectivity index (χ4n) is 4.14. The Kier molecular flexibility index (Phi) is 7.33. The highest BCUT2D eigenvalue weighted by molar-refractivity contribution is 6.00. The summed E-state index contributed by atoms with van der Waals surface area (Å²) in [5, 5.41) is 12.1. The van der Waals surface area contributed by atoms with Gasteiger partial charge in [-0.1, -0.05) is 17.2 Å². The van der Waals surface area contributed by atoms with Gasteiger partial charge in [-0.2, -0.15) is 0 Å². The number of rotatable bonds is 7. The highest BCUT2D eigenvalue weighted by Gasteiger charge is 2.24. The number of benzene rings is 2. The number of aromatic nitrogens is 2. The third-order valence-corrected chi connectivity index (χ3v) is 6.04. The summed E-state index contributed by atoms with van der Waals surface area (Å²) in [5.74, 6) is -4.19. The normalized spacial score (nSPS) is 17.6. The van der Waals surface area contributed by atoms with Crippen molar-refractivity contribution in [3.05, 3.63) is 65.3 Å². The molecule has 11 heteroatoms. The summed E-state index contributed by atoms with van der Waals surface area (Å²) in [5.41, 5.74) is 1.24. The van der Waals surface area contributed by atoms with E-state index in [-0.39, 0.29) is 12.0 Å². The van der Waals surface area contributed by atoms with Crippen molar-refractivity contribution < 1.29 is 31.9 Å². The van der Waals surface area contributed by atoms with Gasteiger partial charge in [0, 0.05) is 24.2 Å². The minimum absolute atomic E-state index is 0.172. The molecule has 184 valence electrons. The molecule has 0 spiro atoms. The zero-order valence-corrected chi connectivity index (χ0v) is 18.8. The summed E-state index contributed by atoms with van der Waals surface area (Å²) < 4.78 is 50.0. The Labute approximate surface area is 198 Å². The van der Waals surface area contributed by atoms with Crippen LogP contribution in [0.2, 0.25) is 0 Å². The van der Waals surface area contributed by atoms with Gasteiger partial charge in [0.1, 0.15) is 5.82 Å². The third-order valence-electron chi connectivity index (χ3n) is 6.04. The summed E-state index contributed by atoms with van der Waals surface area (Å²) >= 11 is 0. The van der Waals surface area contributed by atoms with Crippen molar-refractivity contribution in [1.29, 1.82) is 0 Å². The fraction of sp³-hybridized carbons (Fsp3) is 0.333. The van der Waals surface area contributed by atoms with Crippen LogP contribution < -0.4 is 10.6 Å². The molecule has 1 amide bonds. The van der Waals surface area contributed by atoms with Gasteiger partial charge < -0.3 is 19.8 Å². The number of nitrogens with zero attached hydrogens (tertiary/aromatic N) is 2. The predicted octanol–water partition coefficient (Wildman–Crippen LogP) is 5.32. The molecular weight excluding hydrogens is 465 g/mol. The van der Waals surface area contributed by atoms with Gasteiger partial charge in [0.2, 0.25) is 0 Å². The number of carbonyl (C=O) groups is 2. The number of esters is 1. The molecule has 0 radical (unpaired) electrons. The SMILES string of the molecule is COC(=O)CC1CCC(c2ccc(NC(=O)c3nnc(Nc4cc(F)c(F)cc4F)o3)cc2)CC1. The van der Waals surface area contributed by atoms with E-state index in [0.29, 0.717) is 36.1 Å². The first-order valence-electron chi connectivity index (χ1n) is 11.1. The molecule has 3 aromatic rings. The Morgan fingerprint density at radius 3 is 2.37 bits per heavy atom. The molecule has 35 heavy (non-hydrogen) atoms. The molecule has 4 rings (SSSR count). The highest BCUT2D eigenvalue weighted by atomic mass is 19.2. The predicted molar refractivity (Wildman–Crippen MR) is 120 cm³/mol. The molecule has 2 N–H and O–H groups in total. The number of hydrogen-bond acceptors (Lipinski definition) is 7. The molecule has 2 aromatic carbocycles. The molecule has 1 aromatic heterocycles. The molecule has 0 saturated heterocycles. The standard InChI is InChI=1S/C24H23F3N4O4/c1-34-21(32)10-13-2-4-14(5-3-13)15-6-8-16(9-7-15)28-22(33)23-30-31-24(35-23)29-20-12-18(26)17(25)11-19(20)27/h6-9,11-14H,2-5,10H2,1H3,(H,28,33)(H,29,31). The second-order valence-corrected chi connectivity index (χ2v) is 8.36. The summed E-state index contributed by atoms with van der Waals surface area (Å²) in [6.45, 7) is 0. The Bertz CT molecular complexity index is 1210. The topological polar surface area (TPSA) is 106 Å². The molecule has 0 unspecified atom stereocenters. The number of hydrogen-bond donors (Lipinski definition) is 2. The van der Waals surface area contributed by atoms with Crippen molar-refractivity contribution in [2.24, 2.45) is 5.92 Å². The largest absolute Gasteiger partial charge is 0.469 e.